The third-order valence-electron chi connectivity index (χ3n) is 10.4. The molecule has 0 bridgehead atoms. The molecule has 0 saturated heterocycles. The van der Waals surface area contributed by atoms with E-state index in [-0.39, 0.29) is 28.9 Å². The SMILES string of the molecule is CCC(=O)N(CCCCCC[C@@H]1Cc2cc(O)ccc2C2C1C1CC[C@H](O)[C@@]1(C)C[C@@H]2F)Cc1ccccc1. The van der Waals surface area contributed by atoms with E-state index in [2.05, 4.69) is 19.1 Å². The van der Waals surface area contributed by atoms with Crippen molar-refractivity contribution >= 4 is 5.91 Å². The molecule has 3 aliphatic rings. The molecule has 3 aliphatic carbocycles. The maximum absolute atomic E-state index is 15.9. The Kier molecular flexibility index (Phi) is 8.66. The van der Waals surface area contributed by atoms with Crippen molar-refractivity contribution < 1.29 is 19.4 Å². The van der Waals surface area contributed by atoms with E-state index < -0.39 is 12.3 Å². The molecule has 5 rings (SSSR count). The number of hydrogen-bond donors (Lipinski definition) is 2. The van der Waals surface area contributed by atoms with Crippen LogP contribution in [0, 0.1) is 23.2 Å². The first-order valence-electron chi connectivity index (χ1n) is 15.3. The van der Waals surface area contributed by atoms with Crippen LogP contribution in [0.5, 0.6) is 5.75 Å². The zero-order valence-electron chi connectivity index (χ0n) is 23.7. The molecule has 0 aromatic heterocycles. The van der Waals surface area contributed by atoms with Crippen LogP contribution < -0.4 is 0 Å². The highest BCUT2D eigenvalue weighted by Gasteiger charge is 2.59. The smallest absolute Gasteiger partial charge is 0.222 e. The Morgan fingerprint density at radius 2 is 1.85 bits per heavy atom. The second kappa shape index (κ2) is 12.0. The van der Waals surface area contributed by atoms with Crippen molar-refractivity contribution in [3.05, 3.63) is 65.2 Å². The number of alkyl halides is 1. The minimum Gasteiger partial charge on any atom is -0.508 e. The largest absolute Gasteiger partial charge is 0.508 e. The Morgan fingerprint density at radius 3 is 2.62 bits per heavy atom. The third kappa shape index (κ3) is 5.75. The summed E-state index contributed by atoms with van der Waals surface area (Å²) in [5.74, 6) is 1.30. The molecule has 1 amide bonds. The molecule has 2 fully saturated rings. The Bertz CT molecular complexity index is 1120. The average molecular weight is 536 g/mol. The van der Waals surface area contributed by atoms with Gasteiger partial charge in [-0.25, -0.2) is 4.39 Å². The van der Waals surface area contributed by atoms with Crippen molar-refractivity contribution in [1.29, 1.82) is 0 Å². The number of carbonyl (C=O) groups excluding carboxylic acids is 1. The summed E-state index contributed by atoms with van der Waals surface area (Å²) in [5.41, 5.74) is 3.03. The summed E-state index contributed by atoms with van der Waals surface area (Å²) in [6.45, 7) is 5.50. The van der Waals surface area contributed by atoms with E-state index in [1.807, 2.05) is 42.2 Å². The van der Waals surface area contributed by atoms with Gasteiger partial charge in [0.2, 0.25) is 5.91 Å². The van der Waals surface area contributed by atoms with Crippen LogP contribution >= 0.6 is 0 Å². The minimum atomic E-state index is -0.957. The van der Waals surface area contributed by atoms with Gasteiger partial charge in [0.25, 0.3) is 0 Å². The van der Waals surface area contributed by atoms with Crippen LogP contribution in [0.15, 0.2) is 48.5 Å². The molecule has 3 unspecified atom stereocenters. The number of aliphatic hydroxyl groups excluding tert-OH is 1. The molecule has 4 nitrogen and oxygen atoms in total. The van der Waals surface area contributed by atoms with Gasteiger partial charge < -0.3 is 15.1 Å². The lowest BCUT2D eigenvalue weighted by Crippen LogP contribution is -2.51. The van der Waals surface area contributed by atoms with Crippen LogP contribution in [0.4, 0.5) is 4.39 Å². The van der Waals surface area contributed by atoms with E-state index in [0.29, 0.717) is 31.2 Å². The second-order valence-electron chi connectivity index (χ2n) is 12.7. The van der Waals surface area contributed by atoms with E-state index in [0.717, 1.165) is 69.0 Å². The number of rotatable bonds is 10. The predicted octanol–water partition coefficient (Wildman–Crippen LogP) is 7.17. The molecule has 2 N–H and O–H groups in total. The molecule has 39 heavy (non-hydrogen) atoms. The van der Waals surface area contributed by atoms with Gasteiger partial charge in [-0.1, -0.05) is 69.5 Å². The van der Waals surface area contributed by atoms with Crippen LogP contribution in [-0.2, 0) is 17.8 Å². The Balaban J connectivity index is 1.21. The fourth-order valence-electron chi connectivity index (χ4n) is 8.42. The monoisotopic (exact) mass is 535 g/mol. The van der Waals surface area contributed by atoms with E-state index in [9.17, 15) is 15.0 Å². The number of amides is 1. The number of benzene rings is 2. The lowest BCUT2D eigenvalue weighted by Gasteiger charge is -2.54. The predicted molar refractivity (Wildman–Crippen MR) is 153 cm³/mol. The number of phenols is 1. The van der Waals surface area contributed by atoms with Crippen LogP contribution in [-0.4, -0.2) is 39.8 Å². The fourth-order valence-corrected chi connectivity index (χ4v) is 8.42. The molecular weight excluding hydrogens is 489 g/mol. The molecule has 5 heteroatoms. The lowest BCUT2D eigenvalue weighted by atomic mass is 9.51. The molecule has 0 spiro atoms. The van der Waals surface area contributed by atoms with Gasteiger partial charge in [0, 0.05) is 25.4 Å². The quantitative estimate of drug-likeness (QED) is 0.317. The first-order chi connectivity index (χ1) is 18.8. The van der Waals surface area contributed by atoms with Crippen molar-refractivity contribution in [2.24, 2.45) is 23.2 Å². The molecule has 212 valence electrons. The van der Waals surface area contributed by atoms with Gasteiger partial charge in [0.1, 0.15) is 11.9 Å². The number of hydrogen-bond acceptors (Lipinski definition) is 3. The number of carbonyl (C=O) groups is 1. The topological polar surface area (TPSA) is 60.8 Å². The molecule has 2 aromatic rings. The lowest BCUT2D eigenvalue weighted by molar-refractivity contribution is -0.131. The van der Waals surface area contributed by atoms with Crippen molar-refractivity contribution in [3.8, 4) is 5.75 Å². The molecule has 2 aromatic carbocycles. The average Bonchev–Trinajstić information content (AvgIpc) is 3.22. The van der Waals surface area contributed by atoms with Crippen molar-refractivity contribution in [2.75, 3.05) is 6.54 Å². The number of nitrogens with zero attached hydrogens (tertiary/aromatic N) is 1. The third-order valence-corrected chi connectivity index (χ3v) is 10.4. The van der Waals surface area contributed by atoms with Crippen molar-refractivity contribution in [2.45, 2.75) is 103 Å². The fraction of sp³-hybridized carbons (Fsp3) is 0.618. The van der Waals surface area contributed by atoms with Gasteiger partial charge >= 0.3 is 0 Å². The second-order valence-corrected chi connectivity index (χ2v) is 12.7. The highest BCUT2D eigenvalue weighted by Crippen LogP contribution is 2.63. The standard InChI is InChI=1S/C34H46FNO3/c1-3-31(39)36(22-23-11-7-6-8-12-23)18-10-5-4-9-13-24-19-25-20-26(37)14-15-27(25)33-29(35)21-34(2)28(32(24)33)16-17-30(34)38/h6-8,11-12,14-15,20,24,28-30,32-33,37-38H,3-5,9-10,13,16-19,21-22H2,1-2H3/t24-,28?,29+,30+,32?,33?,34+/m1/s1. The molecule has 0 aliphatic heterocycles. The summed E-state index contributed by atoms with van der Waals surface area (Å²) in [6.07, 6.45) is 7.55. The summed E-state index contributed by atoms with van der Waals surface area (Å²) < 4.78 is 15.9. The highest BCUT2D eigenvalue weighted by molar-refractivity contribution is 5.75. The normalized spacial score (nSPS) is 31.3. The number of halogens is 1. The van der Waals surface area contributed by atoms with Crippen LogP contribution in [0.1, 0.15) is 94.2 Å². The maximum atomic E-state index is 15.9. The van der Waals surface area contributed by atoms with Gasteiger partial charge in [-0.3, -0.25) is 4.79 Å². The van der Waals surface area contributed by atoms with Gasteiger partial charge in [-0.05, 0) is 90.5 Å². The van der Waals surface area contributed by atoms with E-state index in [1.54, 1.807) is 6.07 Å². The minimum absolute atomic E-state index is 0.130. The molecule has 7 atom stereocenters. The van der Waals surface area contributed by atoms with E-state index >= 15 is 4.39 Å². The van der Waals surface area contributed by atoms with E-state index in [4.69, 9.17) is 0 Å². The van der Waals surface area contributed by atoms with Gasteiger partial charge in [-0.2, -0.15) is 0 Å². The first-order valence-corrected chi connectivity index (χ1v) is 15.3. The van der Waals surface area contributed by atoms with Gasteiger partial charge in [0.05, 0.1) is 6.10 Å². The van der Waals surface area contributed by atoms with Crippen LogP contribution in [0.25, 0.3) is 0 Å². The summed E-state index contributed by atoms with van der Waals surface area (Å²) in [4.78, 5) is 14.5. The highest BCUT2D eigenvalue weighted by atomic mass is 19.1. The molecule has 0 radical (unpaired) electrons. The zero-order chi connectivity index (χ0) is 27.6. The Morgan fingerprint density at radius 1 is 1.08 bits per heavy atom. The molecular formula is C34H46FNO3. The first kappa shape index (κ1) is 28.1. The zero-order valence-corrected chi connectivity index (χ0v) is 23.7. The summed E-state index contributed by atoms with van der Waals surface area (Å²) in [5, 5.41) is 21.0. The van der Waals surface area contributed by atoms with Crippen LogP contribution in [0.3, 0.4) is 0 Å². The summed E-state index contributed by atoms with van der Waals surface area (Å²) in [7, 11) is 0. The number of aliphatic hydroxyl groups is 1. The van der Waals surface area contributed by atoms with Gasteiger partial charge in [0.15, 0.2) is 0 Å². The summed E-state index contributed by atoms with van der Waals surface area (Å²) in [6, 6.07) is 15.7. The number of unbranched alkanes of at least 4 members (excludes halogenated alkanes) is 3. The van der Waals surface area contributed by atoms with Crippen LogP contribution in [0.2, 0.25) is 0 Å². The summed E-state index contributed by atoms with van der Waals surface area (Å²) >= 11 is 0. The number of phenolic OH excluding ortho intramolecular Hbond substituents is 1. The Labute approximate surface area is 233 Å². The van der Waals surface area contributed by atoms with Crippen molar-refractivity contribution in [1.82, 2.24) is 4.90 Å². The van der Waals surface area contributed by atoms with Gasteiger partial charge in [-0.15, -0.1) is 0 Å². The van der Waals surface area contributed by atoms with Crippen molar-refractivity contribution in [3.63, 3.8) is 0 Å². The molecule has 2 saturated carbocycles. The number of fused-ring (bicyclic) bond motifs is 5. The number of aromatic hydroxyl groups is 1. The van der Waals surface area contributed by atoms with E-state index in [1.165, 1.54) is 5.56 Å². The molecule has 0 heterocycles. The Hall–Kier alpha value is -2.40. The maximum Gasteiger partial charge on any atom is 0.222 e.